The van der Waals surface area contributed by atoms with Crippen LogP contribution in [0.15, 0.2) is 52.6 Å². The summed E-state index contributed by atoms with van der Waals surface area (Å²) in [7, 11) is -3.54. The van der Waals surface area contributed by atoms with Crippen molar-refractivity contribution < 1.29 is 13.2 Å². The van der Waals surface area contributed by atoms with Crippen LogP contribution in [0.25, 0.3) is 17.5 Å². The highest BCUT2D eigenvalue weighted by Crippen LogP contribution is 2.17. The molecule has 0 aliphatic carbocycles. The maximum Gasteiger partial charge on any atom is 0.246 e. The predicted octanol–water partition coefficient (Wildman–Crippen LogP) is 1.55. The van der Waals surface area contributed by atoms with Gasteiger partial charge < -0.3 is 4.90 Å². The summed E-state index contributed by atoms with van der Waals surface area (Å²) < 4.78 is 26.5. The van der Waals surface area contributed by atoms with Gasteiger partial charge in [0, 0.05) is 42.5 Å². The van der Waals surface area contributed by atoms with E-state index in [2.05, 4.69) is 15.4 Å². The minimum absolute atomic E-state index is 0.0300. The Balaban J connectivity index is 1.31. The zero-order valence-electron chi connectivity index (χ0n) is 16.0. The van der Waals surface area contributed by atoms with Crippen LogP contribution in [-0.4, -0.2) is 69.9 Å². The first-order chi connectivity index (χ1) is 14.5. The molecule has 0 bridgehead atoms. The van der Waals surface area contributed by atoms with Crippen molar-refractivity contribution in [3.05, 3.63) is 58.1 Å². The normalized spacial score (nSPS) is 15.7. The topological polar surface area (TPSA) is 101 Å². The molecular formula is C19H20N6O3S2. The molecule has 9 nitrogen and oxygen atoms in total. The van der Waals surface area contributed by atoms with Crippen LogP contribution in [0.1, 0.15) is 5.56 Å². The summed E-state index contributed by atoms with van der Waals surface area (Å²) in [5.74, 6) is 0.311. The van der Waals surface area contributed by atoms with Crippen LogP contribution in [0.4, 0.5) is 0 Å². The highest BCUT2D eigenvalue weighted by Gasteiger charge is 2.27. The van der Waals surface area contributed by atoms with Gasteiger partial charge in [0.15, 0.2) is 0 Å². The first-order valence-corrected chi connectivity index (χ1v) is 11.8. The number of thiophene rings is 1. The minimum Gasteiger partial charge on any atom is -0.338 e. The fraction of sp³-hybridized carbons (Fsp3) is 0.263. The second-order valence-corrected chi connectivity index (χ2v) is 9.29. The number of tetrazole rings is 1. The van der Waals surface area contributed by atoms with Crippen LogP contribution in [0, 0.1) is 0 Å². The number of hydrogen-bond donors (Lipinski definition) is 0. The standard InChI is InChI=1S/C19H20N6O3S2/c26-18(14-25-21-19(20-22-25)17-6-12-29-15-17)23-8-10-24(11-9-23)30(27,28)13-7-16-4-2-1-3-5-16/h1-7,12-13,15H,8-11,14H2. The first kappa shape index (κ1) is 20.4. The summed E-state index contributed by atoms with van der Waals surface area (Å²) >= 11 is 1.53. The number of aromatic nitrogens is 4. The molecule has 30 heavy (non-hydrogen) atoms. The van der Waals surface area contributed by atoms with Gasteiger partial charge in [-0.1, -0.05) is 30.3 Å². The zero-order chi connectivity index (χ0) is 21.0. The number of rotatable bonds is 6. The van der Waals surface area contributed by atoms with Gasteiger partial charge in [-0.05, 0) is 28.3 Å². The van der Waals surface area contributed by atoms with E-state index in [1.165, 1.54) is 25.8 Å². The molecule has 0 atom stereocenters. The van der Waals surface area contributed by atoms with Crippen molar-refractivity contribution in [1.29, 1.82) is 0 Å². The van der Waals surface area contributed by atoms with Crippen LogP contribution in [0.2, 0.25) is 0 Å². The number of hydrogen-bond acceptors (Lipinski definition) is 7. The summed E-state index contributed by atoms with van der Waals surface area (Å²) in [6.45, 7) is 1.11. The van der Waals surface area contributed by atoms with E-state index >= 15 is 0 Å². The number of carbonyl (C=O) groups excluding carboxylic acids is 1. The largest absolute Gasteiger partial charge is 0.338 e. The highest BCUT2D eigenvalue weighted by atomic mass is 32.2. The van der Waals surface area contributed by atoms with Gasteiger partial charge >= 0.3 is 0 Å². The predicted molar refractivity (Wildman–Crippen MR) is 114 cm³/mol. The fourth-order valence-corrected chi connectivity index (χ4v) is 4.85. The summed E-state index contributed by atoms with van der Waals surface area (Å²) in [4.78, 5) is 15.4. The third-order valence-electron chi connectivity index (χ3n) is 4.69. The van der Waals surface area contributed by atoms with Crippen LogP contribution in [-0.2, 0) is 21.4 Å². The molecule has 1 fully saturated rings. The molecule has 2 aromatic heterocycles. The summed E-state index contributed by atoms with van der Waals surface area (Å²) in [6.07, 6.45) is 1.58. The Kier molecular flexibility index (Phi) is 6.02. The molecule has 3 aromatic rings. The Labute approximate surface area is 178 Å². The number of carbonyl (C=O) groups is 1. The second-order valence-electron chi connectivity index (χ2n) is 6.69. The molecule has 11 heteroatoms. The van der Waals surface area contributed by atoms with E-state index in [4.69, 9.17) is 0 Å². The minimum atomic E-state index is -3.54. The average Bonchev–Trinajstić information content (AvgIpc) is 3.45. The van der Waals surface area contributed by atoms with Gasteiger partial charge in [0.2, 0.25) is 21.8 Å². The molecule has 0 radical (unpaired) electrons. The smallest absolute Gasteiger partial charge is 0.246 e. The average molecular weight is 445 g/mol. The summed E-state index contributed by atoms with van der Waals surface area (Å²) in [5, 5.41) is 17.2. The van der Waals surface area contributed by atoms with Crippen molar-refractivity contribution in [3.63, 3.8) is 0 Å². The zero-order valence-corrected chi connectivity index (χ0v) is 17.7. The third-order valence-corrected chi connectivity index (χ3v) is 6.94. The van der Waals surface area contributed by atoms with E-state index in [1.807, 2.05) is 47.2 Å². The van der Waals surface area contributed by atoms with E-state index in [-0.39, 0.29) is 25.5 Å². The molecule has 1 saturated heterocycles. The molecule has 4 rings (SSSR count). The van der Waals surface area contributed by atoms with E-state index in [0.717, 1.165) is 11.1 Å². The van der Waals surface area contributed by atoms with Gasteiger partial charge in [-0.25, -0.2) is 8.42 Å². The first-order valence-electron chi connectivity index (χ1n) is 9.33. The van der Waals surface area contributed by atoms with E-state index < -0.39 is 10.0 Å². The van der Waals surface area contributed by atoms with Gasteiger partial charge in [0.1, 0.15) is 6.54 Å². The van der Waals surface area contributed by atoms with Gasteiger partial charge in [-0.2, -0.15) is 20.4 Å². The van der Waals surface area contributed by atoms with Crippen LogP contribution in [0.5, 0.6) is 0 Å². The number of piperazine rings is 1. The lowest BCUT2D eigenvalue weighted by Crippen LogP contribution is -2.50. The molecule has 0 saturated carbocycles. The molecular weight excluding hydrogens is 424 g/mol. The lowest BCUT2D eigenvalue weighted by atomic mass is 10.2. The molecule has 0 N–H and O–H groups in total. The molecule has 1 aromatic carbocycles. The highest BCUT2D eigenvalue weighted by molar-refractivity contribution is 7.92. The molecule has 1 aliphatic heterocycles. The monoisotopic (exact) mass is 444 g/mol. The van der Waals surface area contributed by atoms with Gasteiger partial charge in [0.05, 0.1) is 0 Å². The Morgan fingerprint density at radius 2 is 1.87 bits per heavy atom. The van der Waals surface area contributed by atoms with Gasteiger partial charge in [-0.3, -0.25) is 4.79 Å². The molecule has 156 valence electrons. The Morgan fingerprint density at radius 1 is 1.10 bits per heavy atom. The lowest BCUT2D eigenvalue weighted by Gasteiger charge is -2.33. The quantitative estimate of drug-likeness (QED) is 0.572. The molecule has 3 heterocycles. The van der Waals surface area contributed by atoms with Gasteiger partial charge in [-0.15, -0.1) is 10.2 Å². The van der Waals surface area contributed by atoms with Crippen molar-refractivity contribution in [2.45, 2.75) is 6.54 Å². The van der Waals surface area contributed by atoms with Crippen LogP contribution >= 0.6 is 11.3 Å². The lowest BCUT2D eigenvalue weighted by molar-refractivity contribution is -0.133. The van der Waals surface area contributed by atoms with E-state index in [9.17, 15) is 13.2 Å². The number of nitrogens with zero attached hydrogens (tertiary/aromatic N) is 6. The summed E-state index contributed by atoms with van der Waals surface area (Å²) in [6, 6.07) is 11.1. The summed E-state index contributed by atoms with van der Waals surface area (Å²) in [5.41, 5.74) is 1.68. The third kappa shape index (κ3) is 4.81. The van der Waals surface area contributed by atoms with Gasteiger partial charge in [0.25, 0.3) is 0 Å². The van der Waals surface area contributed by atoms with E-state index in [0.29, 0.717) is 18.9 Å². The van der Waals surface area contributed by atoms with Crippen molar-refractivity contribution in [2.24, 2.45) is 0 Å². The second kappa shape index (κ2) is 8.86. The van der Waals surface area contributed by atoms with Crippen LogP contribution < -0.4 is 0 Å². The van der Waals surface area contributed by atoms with Crippen molar-refractivity contribution in [1.82, 2.24) is 29.4 Å². The number of amides is 1. The molecule has 0 unspecified atom stereocenters. The molecule has 1 aliphatic rings. The molecule has 0 spiro atoms. The Hall–Kier alpha value is -2.89. The Morgan fingerprint density at radius 3 is 2.57 bits per heavy atom. The number of sulfonamides is 1. The Bertz CT molecular complexity index is 1120. The maximum atomic E-state index is 12.5. The SMILES string of the molecule is O=C(Cn1nnc(-c2ccsc2)n1)N1CCN(S(=O)(=O)C=Cc2ccccc2)CC1. The fourth-order valence-electron chi connectivity index (χ4n) is 3.05. The van der Waals surface area contributed by atoms with Crippen molar-refractivity contribution >= 4 is 33.3 Å². The number of benzene rings is 1. The maximum absolute atomic E-state index is 12.5. The molecule has 1 amide bonds. The van der Waals surface area contributed by atoms with Crippen molar-refractivity contribution in [2.75, 3.05) is 26.2 Å². The van der Waals surface area contributed by atoms with Crippen LogP contribution in [0.3, 0.4) is 0 Å². The van der Waals surface area contributed by atoms with E-state index in [1.54, 1.807) is 11.0 Å². The van der Waals surface area contributed by atoms with Crippen molar-refractivity contribution in [3.8, 4) is 11.4 Å².